The highest BCUT2D eigenvalue weighted by Crippen LogP contribution is 2.22. The molecule has 1 rings (SSSR count). The van der Waals surface area contributed by atoms with Crippen LogP contribution in [0.15, 0.2) is 24.3 Å². The van der Waals surface area contributed by atoms with Gasteiger partial charge in [0.1, 0.15) is 5.75 Å². The van der Waals surface area contributed by atoms with E-state index in [0.29, 0.717) is 18.0 Å². The van der Waals surface area contributed by atoms with Gasteiger partial charge in [0.25, 0.3) is 0 Å². The molecule has 0 aliphatic carbocycles. The summed E-state index contributed by atoms with van der Waals surface area (Å²) in [5.74, 6) is 0.554. The highest BCUT2D eigenvalue weighted by Gasteiger charge is 2.01. The van der Waals surface area contributed by atoms with Gasteiger partial charge in [0.05, 0.1) is 12.3 Å². The van der Waals surface area contributed by atoms with E-state index in [-0.39, 0.29) is 11.9 Å². The fraction of sp³-hybridized carbons (Fsp3) is 0.357. The second-order valence-corrected chi connectivity index (χ2v) is 4.23. The Morgan fingerprint density at radius 3 is 2.78 bits per heavy atom. The van der Waals surface area contributed by atoms with Gasteiger partial charge in [0.2, 0.25) is 5.91 Å². The molecule has 1 aromatic rings. The molecular formula is C14H20N2O2. The van der Waals surface area contributed by atoms with E-state index in [9.17, 15) is 4.79 Å². The highest BCUT2D eigenvalue weighted by molar-refractivity contribution is 5.92. The standard InChI is InChI=1S/C14H20N2O2/c1-4-18-13-7-5-11(9-12(13)15)6-8-14(17)16-10(2)3/h5-10H,4,15H2,1-3H3,(H,16,17)/b8-6-. The van der Waals surface area contributed by atoms with Gasteiger partial charge < -0.3 is 15.8 Å². The molecule has 0 heterocycles. The third-order valence-electron chi connectivity index (χ3n) is 2.19. The summed E-state index contributed by atoms with van der Waals surface area (Å²) >= 11 is 0. The molecule has 0 saturated heterocycles. The van der Waals surface area contributed by atoms with Gasteiger partial charge in [-0.2, -0.15) is 0 Å². The second-order valence-electron chi connectivity index (χ2n) is 4.23. The second kappa shape index (κ2) is 6.69. The number of nitrogens with one attached hydrogen (secondary N) is 1. The Bertz CT molecular complexity index is 439. The lowest BCUT2D eigenvalue weighted by molar-refractivity contribution is -0.116. The molecule has 18 heavy (non-hydrogen) atoms. The highest BCUT2D eigenvalue weighted by atomic mass is 16.5. The number of nitrogen functional groups attached to an aromatic ring is 1. The van der Waals surface area contributed by atoms with Crippen molar-refractivity contribution in [3.8, 4) is 5.75 Å². The van der Waals surface area contributed by atoms with Gasteiger partial charge >= 0.3 is 0 Å². The summed E-state index contributed by atoms with van der Waals surface area (Å²) in [6.07, 6.45) is 3.22. The molecule has 3 N–H and O–H groups in total. The smallest absolute Gasteiger partial charge is 0.244 e. The Kier molecular flexibility index (Phi) is 5.24. The van der Waals surface area contributed by atoms with Crippen LogP contribution in [0.2, 0.25) is 0 Å². The number of amides is 1. The SMILES string of the molecule is CCOc1ccc(/C=C\C(=O)NC(C)C)cc1N. The number of anilines is 1. The number of ether oxygens (including phenoxy) is 1. The van der Waals surface area contributed by atoms with Crippen molar-refractivity contribution < 1.29 is 9.53 Å². The van der Waals surface area contributed by atoms with Gasteiger partial charge in [0.15, 0.2) is 0 Å². The minimum absolute atomic E-state index is 0.113. The average Bonchev–Trinajstić information content (AvgIpc) is 2.29. The van der Waals surface area contributed by atoms with Gasteiger partial charge in [-0.1, -0.05) is 6.07 Å². The van der Waals surface area contributed by atoms with E-state index in [4.69, 9.17) is 10.5 Å². The zero-order valence-corrected chi connectivity index (χ0v) is 11.1. The predicted molar refractivity (Wildman–Crippen MR) is 74.3 cm³/mol. The van der Waals surface area contributed by atoms with E-state index < -0.39 is 0 Å². The largest absolute Gasteiger partial charge is 0.492 e. The van der Waals surface area contributed by atoms with Crippen LogP contribution in [-0.2, 0) is 4.79 Å². The predicted octanol–water partition coefficient (Wildman–Crippen LogP) is 2.21. The molecular weight excluding hydrogens is 228 g/mol. The molecule has 0 radical (unpaired) electrons. The maximum atomic E-state index is 11.4. The van der Waals surface area contributed by atoms with Crippen molar-refractivity contribution in [1.82, 2.24) is 5.32 Å². The summed E-state index contributed by atoms with van der Waals surface area (Å²) in [4.78, 5) is 11.4. The first-order chi connectivity index (χ1) is 8.52. The number of carbonyl (C=O) groups excluding carboxylic acids is 1. The van der Waals surface area contributed by atoms with Crippen molar-refractivity contribution in [2.45, 2.75) is 26.8 Å². The molecule has 1 aromatic carbocycles. The van der Waals surface area contributed by atoms with Crippen LogP contribution in [0.4, 0.5) is 5.69 Å². The van der Waals surface area contributed by atoms with E-state index >= 15 is 0 Å². The number of hydrogen-bond acceptors (Lipinski definition) is 3. The van der Waals surface area contributed by atoms with Crippen LogP contribution in [0.25, 0.3) is 6.08 Å². The molecule has 4 nitrogen and oxygen atoms in total. The van der Waals surface area contributed by atoms with Gasteiger partial charge in [-0.25, -0.2) is 0 Å². The van der Waals surface area contributed by atoms with E-state index in [1.54, 1.807) is 18.2 Å². The minimum Gasteiger partial charge on any atom is -0.492 e. The molecule has 0 fully saturated rings. The Labute approximate surface area is 108 Å². The summed E-state index contributed by atoms with van der Waals surface area (Å²) < 4.78 is 5.34. The van der Waals surface area contributed by atoms with Crippen molar-refractivity contribution in [2.75, 3.05) is 12.3 Å². The average molecular weight is 248 g/mol. The fourth-order valence-electron chi connectivity index (χ4n) is 1.46. The molecule has 0 unspecified atom stereocenters. The Morgan fingerprint density at radius 1 is 1.50 bits per heavy atom. The van der Waals surface area contributed by atoms with Crippen molar-refractivity contribution >= 4 is 17.7 Å². The summed E-state index contributed by atoms with van der Waals surface area (Å²) in [6, 6.07) is 5.58. The lowest BCUT2D eigenvalue weighted by Crippen LogP contribution is -2.28. The molecule has 0 aliphatic rings. The lowest BCUT2D eigenvalue weighted by Gasteiger charge is -2.07. The van der Waals surface area contributed by atoms with E-state index in [1.807, 2.05) is 26.8 Å². The summed E-state index contributed by atoms with van der Waals surface area (Å²) in [6.45, 7) is 6.32. The monoisotopic (exact) mass is 248 g/mol. The normalized spacial score (nSPS) is 10.9. The van der Waals surface area contributed by atoms with Crippen LogP contribution in [0.5, 0.6) is 5.75 Å². The summed E-state index contributed by atoms with van der Waals surface area (Å²) in [7, 11) is 0. The number of carbonyl (C=O) groups is 1. The Morgan fingerprint density at radius 2 is 2.22 bits per heavy atom. The molecule has 0 bridgehead atoms. The first kappa shape index (κ1) is 14.1. The zero-order valence-electron chi connectivity index (χ0n) is 11.1. The number of benzene rings is 1. The fourth-order valence-corrected chi connectivity index (χ4v) is 1.46. The molecule has 98 valence electrons. The minimum atomic E-state index is -0.113. The molecule has 0 spiro atoms. The van der Waals surface area contributed by atoms with E-state index in [2.05, 4.69) is 5.32 Å². The summed E-state index contributed by atoms with van der Waals surface area (Å²) in [5, 5.41) is 2.78. The molecule has 4 heteroatoms. The third kappa shape index (κ3) is 4.49. The molecule has 0 aliphatic heterocycles. The van der Waals surface area contributed by atoms with Gasteiger partial charge in [-0.3, -0.25) is 4.79 Å². The first-order valence-corrected chi connectivity index (χ1v) is 6.03. The van der Waals surface area contributed by atoms with Crippen LogP contribution in [0.1, 0.15) is 26.3 Å². The Balaban J connectivity index is 2.71. The molecule has 1 amide bonds. The molecule has 0 atom stereocenters. The third-order valence-corrected chi connectivity index (χ3v) is 2.19. The van der Waals surface area contributed by atoms with Gasteiger partial charge in [-0.15, -0.1) is 0 Å². The van der Waals surface area contributed by atoms with Crippen molar-refractivity contribution in [1.29, 1.82) is 0 Å². The van der Waals surface area contributed by atoms with Crippen molar-refractivity contribution in [3.05, 3.63) is 29.8 Å². The van der Waals surface area contributed by atoms with Gasteiger partial charge in [-0.05, 0) is 44.5 Å². The molecule has 0 saturated carbocycles. The van der Waals surface area contributed by atoms with Gasteiger partial charge in [0, 0.05) is 12.1 Å². The summed E-state index contributed by atoms with van der Waals surface area (Å²) in [5.41, 5.74) is 7.28. The number of hydrogen-bond donors (Lipinski definition) is 2. The number of rotatable bonds is 5. The number of nitrogens with two attached hydrogens (primary N) is 1. The zero-order chi connectivity index (χ0) is 13.5. The maximum absolute atomic E-state index is 11.4. The van der Waals surface area contributed by atoms with Crippen LogP contribution in [-0.4, -0.2) is 18.6 Å². The van der Waals surface area contributed by atoms with Crippen LogP contribution < -0.4 is 15.8 Å². The van der Waals surface area contributed by atoms with Crippen LogP contribution in [0.3, 0.4) is 0 Å². The first-order valence-electron chi connectivity index (χ1n) is 6.03. The van der Waals surface area contributed by atoms with E-state index in [1.165, 1.54) is 6.08 Å². The van der Waals surface area contributed by atoms with Crippen LogP contribution in [0, 0.1) is 0 Å². The Hall–Kier alpha value is -1.97. The van der Waals surface area contributed by atoms with Crippen LogP contribution >= 0.6 is 0 Å². The topological polar surface area (TPSA) is 64.3 Å². The van der Waals surface area contributed by atoms with Crippen molar-refractivity contribution in [2.24, 2.45) is 0 Å². The van der Waals surface area contributed by atoms with E-state index in [0.717, 1.165) is 5.56 Å². The lowest BCUT2D eigenvalue weighted by atomic mass is 10.1. The maximum Gasteiger partial charge on any atom is 0.244 e. The quantitative estimate of drug-likeness (QED) is 0.620. The molecule has 0 aromatic heterocycles. The van der Waals surface area contributed by atoms with Crippen molar-refractivity contribution in [3.63, 3.8) is 0 Å².